The molecule has 2 aliphatic heterocycles. The van der Waals surface area contributed by atoms with E-state index in [-0.39, 0.29) is 11.3 Å². The predicted octanol–water partition coefficient (Wildman–Crippen LogP) is 2.98. The van der Waals surface area contributed by atoms with E-state index in [9.17, 15) is 19.1 Å². The van der Waals surface area contributed by atoms with Crippen molar-refractivity contribution < 1.29 is 28.6 Å². The molecule has 2 fully saturated rings. The van der Waals surface area contributed by atoms with E-state index in [1.807, 2.05) is 0 Å². The van der Waals surface area contributed by atoms with Gasteiger partial charge in [-0.3, -0.25) is 14.5 Å². The average molecular weight is 454 g/mol. The Morgan fingerprint density at radius 3 is 2.52 bits per heavy atom. The monoisotopic (exact) mass is 454 g/mol. The highest BCUT2D eigenvalue weighted by Crippen LogP contribution is 2.39. The molecule has 0 aliphatic carbocycles. The largest absolute Gasteiger partial charge is 0.507 e. The van der Waals surface area contributed by atoms with Gasteiger partial charge in [0.05, 0.1) is 31.9 Å². The summed E-state index contributed by atoms with van der Waals surface area (Å²) in [5.41, 5.74) is 0.779. The van der Waals surface area contributed by atoms with E-state index in [1.54, 1.807) is 30.3 Å². The number of ether oxygens (including phenoxy) is 2. The molecule has 2 aromatic rings. The molecule has 1 amide bonds. The molecule has 0 aromatic heterocycles. The van der Waals surface area contributed by atoms with Crippen molar-refractivity contribution in [2.45, 2.75) is 12.5 Å². The number of methoxy groups -OCH3 is 1. The third-order valence-corrected chi connectivity index (χ3v) is 6.04. The smallest absolute Gasteiger partial charge is 0.295 e. The number of aliphatic hydroxyl groups is 1. The van der Waals surface area contributed by atoms with Gasteiger partial charge in [0.2, 0.25) is 0 Å². The number of amides is 1. The van der Waals surface area contributed by atoms with Crippen LogP contribution in [0, 0.1) is 5.82 Å². The van der Waals surface area contributed by atoms with Crippen molar-refractivity contribution in [1.29, 1.82) is 0 Å². The topological polar surface area (TPSA) is 79.3 Å². The minimum Gasteiger partial charge on any atom is -0.507 e. The number of nitrogens with zero attached hydrogens (tertiary/aromatic N) is 2. The van der Waals surface area contributed by atoms with Crippen LogP contribution in [-0.4, -0.2) is 73.1 Å². The van der Waals surface area contributed by atoms with Gasteiger partial charge in [0.1, 0.15) is 17.3 Å². The summed E-state index contributed by atoms with van der Waals surface area (Å²) >= 11 is 0. The molecule has 8 heteroatoms. The number of hydrogen-bond donors (Lipinski definition) is 1. The quantitative estimate of drug-likeness (QED) is 0.394. The summed E-state index contributed by atoms with van der Waals surface area (Å²) < 4.78 is 24.6. The molecule has 2 aliphatic rings. The van der Waals surface area contributed by atoms with Crippen LogP contribution < -0.4 is 4.74 Å². The number of rotatable bonds is 7. The van der Waals surface area contributed by atoms with Crippen molar-refractivity contribution in [2.24, 2.45) is 0 Å². The Morgan fingerprint density at radius 2 is 1.85 bits per heavy atom. The molecule has 0 radical (unpaired) electrons. The fraction of sp³-hybridized carbons (Fsp3) is 0.360. The molecule has 4 rings (SSSR count). The number of aliphatic hydroxyl groups excluding tert-OH is 1. The van der Waals surface area contributed by atoms with Crippen LogP contribution in [0.2, 0.25) is 0 Å². The van der Waals surface area contributed by atoms with Gasteiger partial charge in [-0.2, -0.15) is 0 Å². The maximum Gasteiger partial charge on any atom is 0.295 e. The SMILES string of the molecule is COc1ccc(C(O)=C2C(=O)C(=O)N(CCCN3CCOCC3)[C@@H]2c2cccc(F)c2)cc1. The number of Topliss-reactive ketones (excluding diaryl/α,β-unsaturated/α-hetero) is 1. The standard InChI is InChI=1S/C25H27FN2O5/c1-32-20-8-6-17(7-9-20)23(29)21-22(18-4-2-5-19(26)16-18)28(25(31)24(21)30)11-3-10-27-12-14-33-15-13-27/h2,4-9,16,22,29H,3,10-15H2,1H3/t22-/m1/s1. The lowest BCUT2D eigenvalue weighted by atomic mass is 9.95. The van der Waals surface area contributed by atoms with E-state index in [4.69, 9.17) is 9.47 Å². The molecule has 1 atom stereocenters. The first-order chi connectivity index (χ1) is 16.0. The molecule has 33 heavy (non-hydrogen) atoms. The Morgan fingerprint density at radius 1 is 1.12 bits per heavy atom. The van der Waals surface area contributed by atoms with Crippen LogP contribution in [-0.2, 0) is 14.3 Å². The van der Waals surface area contributed by atoms with Crippen LogP contribution in [0.25, 0.3) is 5.76 Å². The first kappa shape index (κ1) is 22.9. The highest BCUT2D eigenvalue weighted by atomic mass is 19.1. The first-order valence-corrected chi connectivity index (χ1v) is 11.0. The van der Waals surface area contributed by atoms with Gasteiger partial charge in [0.15, 0.2) is 0 Å². The Hall–Kier alpha value is -3.23. The Labute approximate surface area is 192 Å². The molecule has 2 aromatic carbocycles. The molecular formula is C25H27FN2O5. The third-order valence-electron chi connectivity index (χ3n) is 6.04. The Balaban J connectivity index is 1.66. The molecule has 0 spiro atoms. The molecule has 174 valence electrons. The van der Waals surface area contributed by atoms with Crippen molar-refractivity contribution in [1.82, 2.24) is 9.80 Å². The van der Waals surface area contributed by atoms with Gasteiger partial charge >= 0.3 is 0 Å². The maximum absolute atomic E-state index is 14.1. The minimum absolute atomic E-state index is 0.0397. The molecular weight excluding hydrogens is 427 g/mol. The predicted molar refractivity (Wildman–Crippen MR) is 120 cm³/mol. The van der Waals surface area contributed by atoms with E-state index >= 15 is 0 Å². The normalized spacial score (nSPS) is 20.9. The second-order valence-corrected chi connectivity index (χ2v) is 8.08. The van der Waals surface area contributed by atoms with Crippen molar-refractivity contribution in [3.8, 4) is 5.75 Å². The van der Waals surface area contributed by atoms with Crippen LogP contribution in [0.15, 0.2) is 54.1 Å². The summed E-state index contributed by atoms with van der Waals surface area (Å²) in [5, 5.41) is 11.0. The van der Waals surface area contributed by atoms with Crippen molar-refractivity contribution >= 4 is 17.4 Å². The summed E-state index contributed by atoms with van der Waals surface area (Å²) in [6.07, 6.45) is 0.640. The average Bonchev–Trinajstić information content (AvgIpc) is 3.09. The van der Waals surface area contributed by atoms with Crippen LogP contribution >= 0.6 is 0 Å². The van der Waals surface area contributed by atoms with Crippen LogP contribution in [0.1, 0.15) is 23.6 Å². The van der Waals surface area contributed by atoms with Crippen LogP contribution in [0.4, 0.5) is 4.39 Å². The Bertz CT molecular complexity index is 1050. The second kappa shape index (κ2) is 10.1. The fourth-order valence-corrected chi connectivity index (χ4v) is 4.33. The number of halogens is 1. The molecule has 2 saturated heterocycles. The lowest BCUT2D eigenvalue weighted by molar-refractivity contribution is -0.140. The molecule has 7 nitrogen and oxygen atoms in total. The summed E-state index contributed by atoms with van der Waals surface area (Å²) in [6, 6.07) is 11.5. The van der Waals surface area contributed by atoms with Crippen LogP contribution in [0.5, 0.6) is 5.75 Å². The lowest BCUT2D eigenvalue weighted by Crippen LogP contribution is -2.39. The summed E-state index contributed by atoms with van der Waals surface area (Å²) in [6.45, 7) is 4.06. The maximum atomic E-state index is 14.1. The van der Waals surface area contributed by atoms with Gasteiger partial charge in [0.25, 0.3) is 11.7 Å². The number of likely N-dealkylation sites (tertiary alicyclic amines) is 1. The molecule has 2 heterocycles. The van der Waals surface area contributed by atoms with Gasteiger partial charge in [-0.25, -0.2) is 4.39 Å². The summed E-state index contributed by atoms with van der Waals surface area (Å²) in [5.74, 6) is -1.64. The molecule has 0 bridgehead atoms. The number of carbonyl (C=O) groups excluding carboxylic acids is 2. The second-order valence-electron chi connectivity index (χ2n) is 8.08. The minimum atomic E-state index is -0.868. The number of ketones is 1. The zero-order valence-corrected chi connectivity index (χ0v) is 18.5. The van der Waals surface area contributed by atoms with E-state index in [0.29, 0.717) is 43.1 Å². The van der Waals surface area contributed by atoms with Crippen molar-refractivity contribution in [3.05, 3.63) is 71.0 Å². The molecule has 0 saturated carbocycles. The van der Waals surface area contributed by atoms with Crippen molar-refractivity contribution in [3.63, 3.8) is 0 Å². The van der Waals surface area contributed by atoms with Gasteiger partial charge in [-0.05, 0) is 48.4 Å². The van der Waals surface area contributed by atoms with Gasteiger partial charge < -0.3 is 19.5 Å². The highest BCUT2D eigenvalue weighted by molar-refractivity contribution is 6.46. The van der Waals surface area contributed by atoms with Gasteiger partial charge in [0, 0.05) is 31.7 Å². The van der Waals surface area contributed by atoms with Crippen molar-refractivity contribution in [2.75, 3.05) is 46.5 Å². The van der Waals surface area contributed by atoms with E-state index in [1.165, 1.54) is 30.2 Å². The zero-order valence-electron chi connectivity index (χ0n) is 18.5. The van der Waals surface area contributed by atoms with E-state index in [2.05, 4.69) is 4.90 Å². The van der Waals surface area contributed by atoms with Crippen LogP contribution in [0.3, 0.4) is 0 Å². The molecule has 0 unspecified atom stereocenters. The van der Waals surface area contributed by atoms with E-state index in [0.717, 1.165) is 19.6 Å². The number of benzene rings is 2. The molecule has 1 N–H and O–H groups in total. The Kier molecular flexibility index (Phi) is 7.05. The number of hydrogen-bond acceptors (Lipinski definition) is 6. The zero-order chi connectivity index (χ0) is 23.4. The van der Waals surface area contributed by atoms with Gasteiger partial charge in [-0.1, -0.05) is 12.1 Å². The number of carbonyl (C=O) groups is 2. The fourth-order valence-electron chi connectivity index (χ4n) is 4.33. The summed E-state index contributed by atoms with van der Waals surface area (Å²) in [7, 11) is 1.53. The third kappa shape index (κ3) is 4.91. The number of morpholine rings is 1. The van der Waals surface area contributed by atoms with E-state index < -0.39 is 23.5 Å². The van der Waals surface area contributed by atoms with Gasteiger partial charge in [-0.15, -0.1) is 0 Å². The first-order valence-electron chi connectivity index (χ1n) is 11.0. The highest BCUT2D eigenvalue weighted by Gasteiger charge is 2.45. The summed E-state index contributed by atoms with van der Waals surface area (Å²) in [4.78, 5) is 29.7. The lowest BCUT2D eigenvalue weighted by Gasteiger charge is -2.29.